The maximum atomic E-state index is 12.4. The standard InChI is InChI=1S/C21H25ClN4O4/c22-13-10-14-18(16-17(13)24-20(29)25-21(16)6-2-1-3-7-21)30-15(23-14)11-26-8-4-12(5-9-26)19(27)28/h10,12H,1-9,11H2,(H,27,28)(H2,24,25,29). The Kier molecular flexibility index (Phi) is 4.86. The lowest BCUT2D eigenvalue weighted by atomic mass is 9.74. The molecule has 0 atom stereocenters. The first-order valence-electron chi connectivity index (χ1n) is 10.6. The third-order valence-corrected chi connectivity index (χ3v) is 7.05. The van der Waals surface area contributed by atoms with E-state index in [9.17, 15) is 14.7 Å². The number of oxazole rings is 1. The van der Waals surface area contributed by atoms with Gasteiger partial charge in [0.05, 0.1) is 28.7 Å². The number of amides is 2. The molecule has 1 saturated carbocycles. The van der Waals surface area contributed by atoms with Gasteiger partial charge in [-0.2, -0.15) is 0 Å². The molecule has 1 aliphatic carbocycles. The second-order valence-electron chi connectivity index (χ2n) is 8.67. The van der Waals surface area contributed by atoms with Crippen molar-refractivity contribution in [3.63, 3.8) is 0 Å². The van der Waals surface area contributed by atoms with E-state index < -0.39 is 11.5 Å². The number of hydrogen-bond acceptors (Lipinski definition) is 5. The van der Waals surface area contributed by atoms with Gasteiger partial charge in [0.25, 0.3) is 0 Å². The Hall–Kier alpha value is -2.32. The fourth-order valence-electron chi connectivity index (χ4n) is 5.21. The van der Waals surface area contributed by atoms with E-state index in [1.807, 2.05) is 0 Å². The predicted octanol–water partition coefficient (Wildman–Crippen LogP) is 4.07. The highest BCUT2D eigenvalue weighted by Crippen LogP contribution is 2.48. The minimum absolute atomic E-state index is 0.230. The molecule has 0 bridgehead atoms. The molecule has 2 aromatic rings. The molecule has 2 fully saturated rings. The highest BCUT2D eigenvalue weighted by molar-refractivity contribution is 6.35. The molecular formula is C21H25ClN4O4. The number of carbonyl (C=O) groups excluding carboxylic acids is 1. The zero-order valence-corrected chi connectivity index (χ0v) is 17.4. The van der Waals surface area contributed by atoms with Gasteiger partial charge in [0, 0.05) is 5.56 Å². The second-order valence-corrected chi connectivity index (χ2v) is 9.08. The third-order valence-electron chi connectivity index (χ3n) is 6.75. The zero-order valence-electron chi connectivity index (χ0n) is 16.7. The lowest BCUT2D eigenvalue weighted by Crippen LogP contribution is -2.52. The SMILES string of the molecule is O=C1Nc2c(Cl)cc3nc(CN4CCC(C(=O)O)CC4)oc3c2C2(CCCCC2)N1. The molecule has 0 unspecified atom stereocenters. The Morgan fingerprint density at radius 2 is 2.03 bits per heavy atom. The van der Waals surface area contributed by atoms with Crippen LogP contribution in [0.5, 0.6) is 0 Å². The molecule has 1 spiro atoms. The van der Waals surface area contributed by atoms with Gasteiger partial charge in [-0.1, -0.05) is 30.9 Å². The van der Waals surface area contributed by atoms with Gasteiger partial charge in [-0.3, -0.25) is 9.69 Å². The van der Waals surface area contributed by atoms with E-state index in [2.05, 4.69) is 20.5 Å². The number of anilines is 1. The first-order valence-corrected chi connectivity index (χ1v) is 11.0. The number of aliphatic carboxylic acids is 1. The summed E-state index contributed by atoms with van der Waals surface area (Å²) in [6, 6.07) is 1.52. The number of carboxylic acids is 1. The summed E-state index contributed by atoms with van der Waals surface area (Å²) in [6.07, 6.45) is 6.19. The van der Waals surface area contributed by atoms with Gasteiger partial charge < -0.3 is 20.2 Å². The molecule has 30 heavy (non-hydrogen) atoms. The number of nitrogens with one attached hydrogen (secondary N) is 2. The van der Waals surface area contributed by atoms with Crippen LogP contribution in [0.2, 0.25) is 5.02 Å². The van der Waals surface area contributed by atoms with Crippen molar-refractivity contribution in [2.75, 3.05) is 18.4 Å². The molecule has 0 radical (unpaired) electrons. The van der Waals surface area contributed by atoms with E-state index in [4.69, 9.17) is 16.0 Å². The molecule has 2 amide bonds. The molecule has 9 heteroatoms. The molecule has 1 aromatic carbocycles. The predicted molar refractivity (Wildman–Crippen MR) is 112 cm³/mol. The minimum atomic E-state index is -0.717. The van der Waals surface area contributed by atoms with Crippen LogP contribution in [0.4, 0.5) is 10.5 Å². The van der Waals surface area contributed by atoms with Crippen LogP contribution in [0.1, 0.15) is 56.4 Å². The molecule has 3 N–H and O–H groups in total. The van der Waals surface area contributed by atoms with Gasteiger partial charge in [0.1, 0.15) is 5.52 Å². The van der Waals surface area contributed by atoms with Crippen molar-refractivity contribution in [3.8, 4) is 0 Å². The van der Waals surface area contributed by atoms with Crippen molar-refractivity contribution in [3.05, 3.63) is 22.5 Å². The van der Waals surface area contributed by atoms with Crippen molar-refractivity contribution < 1.29 is 19.1 Å². The highest BCUT2D eigenvalue weighted by Gasteiger charge is 2.44. The minimum Gasteiger partial charge on any atom is -0.481 e. The Labute approximate surface area is 178 Å². The second kappa shape index (κ2) is 7.42. The number of halogens is 1. The van der Waals surface area contributed by atoms with Crippen LogP contribution in [0.25, 0.3) is 11.1 Å². The van der Waals surface area contributed by atoms with Crippen molar-refractivity contribution >= 4 is 40.4 Å². The van der Waals surface area contributed by atoms with Gasteiger partial charge in [0.2, 0.25) is 5.89 Å². The fourth-order valence-corrected chi connectivity index (χ4v) is 5.46. The van der Waals surface area contributed by atoms with Crippen molar-refractivity contribution in [2.24, 2.45) is 5.92 Å². The van der Waals surface area contributed by atoms with Gasteiger partial charge >= 0.3 is 12.0 Å². The number of carbonyl (C=O) groups is 2. The number of aromatic nitrogens is 1. The van der Waals surface area contributed by atoms with Crippen LogP contribution in [0.3, 0.4) is 0 Å². The van der Waals surface area contributed by atoms with Crippen molar-refractivity contribution in [1.82, 2.24) is 15.2 Å². The molecule has 1 aromatic heterocycles. The summed E-state index contributed by atoms with van der Waals surface area (Å²) >= 11 is 6.55. The molecule has 160 valence electrons. The van der Waals surface area contributed by atoms with E-state index in [1.165, 1.54) is 0 Å². The van der Waals surface area contributed by atoms with Crippen LogP contribution in [0.15, 0.2) is 10.5 Å². The summed E-state index contributed by atoms with van der Waals surface area (Å²) in [6.45, 7) is 1.94. The van der Waals surface area contributed by atoms with E-state index in [0.717, 1.165) is 37.7 Å². The first-order chi connectivity index (χ1) is 14.4. The summed E-state index contributed by atoms with van der Waals surface area (Å²) in [5.74, 6) is -0.396. The van der Waals surface area contributed by atoms with Gasteiger partial charge in [0.15, 0.2) is 5.58 Å². The van der Waals surface area contributed by atoms with Gasteiger partial charge in [-0.25, -0.2) is 9.78 Å². The number of piperidine rings is 1. The lowest BCUT2D eigenvalue weighted by Gasteiger charge is -2.42. The fraction of sp³-hybridized carbons (Fsp3) is 0.571. The molecule has 1 saturated heterocycles. The Morgan fingerprint density at radius 1 is 1.30 bits per heavy atom. The lowest BCUT2D eigenvalue weighted by molar-refractivity contribution is -0.143. The maximum Gasteiger partial charge on any atom is 0.319 e. The third kappa shape index (κ3) is 3.32. The zero-order chi connectivity index (χ0) is 20.9. The van der Waals surface area contributed by atoms with Crippen molar-refractivity contribution in [1.29, 1.82) is 0 Å². The number of carboxylic acid groups (broad SMARTS) is 1. The average Bonchev–Trinajstić information content (AvgIpc) is 3.10. The summed E-state index contributed by atoms with van der Waals surface area (Å²) < 4.78 is 6.24. The maximum absolute atomic E-state index is 12.4. The summed E-state index contributed by atoms with van der Waals surface area (Å²) in [5.41, 5.74) is 2.43. The number of benzene rings is 1. The molecule has 5 rings (SSSR count). The smallest absolute Gasteiger partial charge is 0.319 e. The van der Waals surface area contributed by atoms with Gasteiger partial charge in [-0.15, -0.1) is 0 Å². The number of nitrogens with zero attached hydrogens (tertiary/aromatic N) is 2. The first kappa shape index (κ1) is 19.6. The monoisotopic (exact) mass is 432 g/mol. The number of likely N-dealkylation sites (tertiary alicyclic amines) is 1. The van der Waals surface area contributed by atoms with Crippen LogP contribution in [-0.4, -0.2) is 40.1 Å². The molecule has 3 heterocycles. The average molecular weight is 433 g/mol. The van der Waals surface area contributed by atoms with Crippen LogP contribution in [-0.2, 0) is 16.9 Å². The Balaban J connectivity index is 1.49. The molecule has 2 aliphatic heterocycles. The number of rotatable bonds is 3. The van der Waals surface area contributed by atoms with Crippen molar-refractivity contribution in [2.45, 2.75) is 57.0 Å². The topological polar surface area (TPSA) is 108 Å². The van der Waals surface area contributed by atoms with Crippen LogP contribution < -0.4 is 10.6 Å². The van der Waals surface area contributed by atoms with E-state index in [-0.39, 0.29) is 11.9 Å². The summed E-state index contributed by atoms with van der Waals surface area (Å²) in [7, 11) is 0. The highest BCUT2D eigenvalue weighted by atomic mass is 35.5. The number of fused-ring (bicyclic) bond motifs is 4. The Morgan fingerprint density at radius 3 is 2.73 bits per heavy atom. The number of urea groups is 1. The quantitative estimate of drug-likeness (QED) is 0.674. The normalized spacial score (nSPS) is 22.0. The molecule has 8 nitrogen and oxygen atoms in total. The van der Waals surface area contributed by atoms with Crippen LogP contribution in [0, 0.1) is 5.92 Å². The molecular weight excluding hydrogens is 408 g/mol. The van der Waals surface area contributed by atoms with E-state index >= 15 is 0 Å². The summed E-state index contributed by atoms with van der Waals surface area (Å²) in [5, 5.41) is 15.7. The Bertz CT molecular complexity index is 1010. The van der Waals surface area contributed by atoms with Crippen LogP contribution >= 0.6 is 11.6 Å². The largest absolute Gasteiger partial charge is 0.481 e. The van der Waals surface area contributed by atoms with E-state index in [1.54, 1.807) is 6.07 Å². The molecule has 3 aliphatic rings. The van der Waals surface area contributed by atoms with Gasteiger partial charge in [-0.05, 0) is 44.8 Å². The van der Waals surface area contributed by atoms with E-state index in [0.29, 0.717) is 60.2 Å². The summed E-state index contributed by atoms with van der Waals surface area (Å²) in [4.78, 5) is 30.4. The number of hydrogen-bond donors (Lipinski definition) is 3.